The van der Waals surface area contributed by atoms with Crippen LogP contribution in [0.5, 0.6) is 0 Å². The third-order valence-electron chi connectivity index (χ3n) is 1.98. The summed E-state index contributed by atoms with van der Waals surface area (Å²) in [6.07, 6.45) is 0.800. The summed E-state index contributed by atoms with van der Waals surface area (Å²) in [4.78, 5) is 11.4. The Morgan fingerprint density at radius 1 is 1.33 bits per heavy atom. The molecule has 0 radical (unpaired) electrons. The predicted molar refractivity (Wildman–Crippen MR) is 71.8 cm³/mol. The van der Waals surface area contributed by atoms with Crippen LogP contribution in [0, 0.1) is 5.41 Å². The molecule has 0 spiro atoms. The summed E-state index contributed by atoms with van der Waals surface area (Å²) in [5.74, 6) is -0.571. The molecule has 0 aliphatic heterocycles. The SMILES string of the molecule is N=C/C(Cl)=C(/Cl)C(=O)NCOCc1ccccc1. The molecular weight excluding hydrogens is 275 g/mol. The number of nitrogens with one attached hydrogen (secondary N) is 2. The molecule has 0 saturated heterocycles. The molecule has 0 saturated carbocycles. The van der Waals surface area contributed by atoms with Crippen LogP contribution in [-0.2, 0) is 16.1 Å². The van der Waals surface area contributed by atoms with Crippen LogP contribution in [0.1, 0.15) is 5.56 Å². The van der Waals surface area contributed by atoms with Gasteiger partial charge in [0.2, 0.25) is 0 Å². The molecule has 1 aromatic carbocycles. The Bertz CT molecular complexity index is 447. The fraction of sp³-hybridized carbons (Fsp3) is 0.167. The number of halogens is 2. The largest absolute Gasteiger partial charge is 0.357 e. The van der Waals surface area contributed by atoms with E-state index in [0.29, 0.717) is 6.61 Å². The average Bonchev–Trinajstić information content (AvgIpc) is 2.42. The van der Waals surface area contributed by atoms with Gasteiger partial charge in [-0.3, -0.25) is 4.79 Å². The van der Waals surface area contributed by atoms with Crippen molar-refractivity contribution in [1.82, 2.24) is 5.32 Å². The number of hydrogen-bond acceptors (Lipinski definition) is 3. The van der Waals surface area contributed by atoms with Crippen molar-refractivity contribution in [2.75, 3.05) is 6.73 Å². The van der Waals surface area contributed by atoms with E-state index in [2.05, 4.69) is 5.32 Å². The highest BCUT2D eigenvalue weighted by Crippen LogP contribution is 2.11. The van der Waals surface area contributed by atoms with Gasteiger partial charge in [0.1, 0.15) is 11.8 Å². The zero-order valence-corrected chi connectivity index (χ0v) is 11.0. The van der Waals surface area contributed by atoms with E-state index < -0.39 is 5.91 Å². The highest BCUT2D eigenvalue weighted by molar-refractivity contribution is 6.52. The van der Waals surface area contributed by atoms with E-state index in [-0.39, 0.29) is 16.8 Å². The molecule has 0 unspecified atom stereocenters. The van der Waals surface area contributed by atoms with Gasteiger partial charge >= 0.3 is 0 Å². The minimum absolute atomic E-state index is 0.0200. The number of amides is 1. The van der Waals surface area contributed by atoms with Gasteiger partial charge in [-0.25, -0.2) is 0 Å². The molecule has 2 N–H and O–H groups in total. The second kappa shape index (κ2) is 7.87. The number of allylic oxidation sites excluding steroid dienone is 1. The van der Waals surface area contributed by atoms with E-state index in [1.165, 1.54) is 0 Å². The molecule has 0 heterocycles. The molecule has 1 amide bonds. The first-order valence-electron chi connectivity index (χ1n) is 5.10. The van der Waals surface area contributed by atoms with Crippen molar-refractivity contribution in [2.24, 2.45) is 0 Å². The number of carbonyl (C=O) groups is 1. The van der Waals surface area contributed by atoms with Crippen LogP contribution < -0.4 is 5.32 Å². The zero-order chi connectivity index (χ0) is 13.4. The first-order valence-corrected chi connectivity index (χ1v) is 5.86. The summed E-state index contributed by atoms with van der Waals surface area (Å²) in [5, 5.41) is 8.94. The first kappa shape index (κ1) is 14.7. The van der Waals surface area contributed by atoms with Crippen molar-refractivity contribution in [3.8, 4) is 0 Å². The van der Waals surface area contributed by atoms with Crippen LogP contribution in [-0.4, -0.2) is 18.9 Å². The fourth-order valence-electron chi connectivity index (χ4n) is 1.11. The molecule has 1 aromatic rings. The van der Waals surface area contributed by atoms with Crippen LogP contribution in [0.2, 0.25) is 0 Å². The van der Waals surface area contributed by atoms with Gasteiger partial charge in [-0.05, 0) is 5.56 Å². The van der Waals surface area contributed by atoms with Crippen LogP contribution in [0.4, 0.5) is 0 Å². The summed E-state index contributed by atoms with van der Waals surface area (Å²) in [5.41, 5.74) is 1.01. The minimum atomic E-state index is -0.571. The number of carbonyl (C=O) groups excluding carboxylic acids is 1. The third kappa shape index (κ3) is 4.87. The smallest absolute Gasteiger partial charge is 0.266 e. The van der Waals surface area contributed by atoms with E-state index in [4.69, 9.17) is 33.3 Å². The molecule has 0 aliphatic rings. The molecule has 96 valence electrons. The predicted octanol–water partition coefficient (Wildman–Crippen LogP) is 2.62. The lowest BCUT2D eigenvalue weighted by molar-refractivity contribution is -0.118. The third-order valence-corrected chi connectivity index (χ3v) is 2.75. The van der Waals surface area contributed by atoms with Gasteiger partial charge in [0.25, 0.3) is 5.91 Å². The van der Waals surface area contributed by atoms with E-state index in [1.54, 1.807) is 0 Å². The van der Waals surface area contributed by atoms with E-state index in [0.717, 1.165) is 11.8 Å². The van der Waals surface area contributed by atoms with Crippen LogP contribution >= 0.6 is 23.2 Å². The average molecular weight is 287 g/mol. The molecular formula is C12H12Cl2N2O2. The van der Waals surface area contributed by atoms with Gasteiger partial charge in [0, 0.05) is 6.21 Å². The Morgan fingerprint density at radius 3 is 2.61 bits per heavy atom. The minimum Gasteiger partial charge on any atom is -0.357 e. The van der Waals surface area contributed by atoms with Crippen molar-refractivity contribution in [3.63, 3.8) is 0 Å². The van der Waals surface area contributed by atoms with Crippen molar-refractivity contribution in [2.45, 2.75) is 6.61 Å². The molecule has 1 rings (SSSR count). The number of hydrogen-bond donors (Lipinski definition) is 2. The van der Waals surface area contributed by atoms with E-state index in [9.17, 15) is 4.79 Å². The standard InChI is InChI=1S/C12H12Cl2N2O2/c13-10(6-15)11(14)12(17)16-8-18-7-9-4-2-1-3-5-9/h1-6,15H,7-8H2,(H,16,17)/b11-10-,15-6?. The second-order valence-corrected chi connectivity index (χ2v) is 4.08. The number of ether oxygens (including phenoxy) is 1. The van der Waals surface area contributed by atoms with Crippen molar-refractivity contribution < 1.29 is 9.53 Å². The molecule has 0 aliphatic carbocycles. The van der Waals surface area contributed by atoms with Gasteiger partial charge < -0.3 is 15.5 Å². The Morgan fingerprint density at radius 2 is 2.00 bits per heavy atom. The Balaban J connectivity index is 2.31. The maximum atomic E-state index is 11.4. The summed E-state index contributed by atoms with van der Waals surface area (Å²) in [6.45, 7) is 0.410. The van der Waals surface area contributed by atoms with Crippen LogP contribution in [0.25, 0.3) is 0 Å². The van der Waals surface area contributed by atoms with Gasteiger partial charge in [-0.1, -0.05) is 53.5 Å². The second-order valence-electron chi connectivity index (χ2n) is 3.29. The Labute approximate surface area is 115 Å². The maximum absolute atomic E-state index is 11.4. The topological polar surface area (TPSA) is 62.2 Å². The van der Waals surface area contributed by atoms with E-state index >= 15 is 0 Å². The first-order chi connectivity index (χ1) is 8.65. The number of benzene rings is 1. The lowest BCUT2D eigenvalue weighted by atomic mass is 10.2. The van der Waals surface area contributed by atoms with Crippen LogP contribution in [0.15, 0.2) is 40.4 Å². The molecule has 4 nitrogen and oxygen atoms in total. The van der Waals surface area contributed by atoms with E-state index in [1.807, 2.05) is 30.3 Å². The van der Waals surface area contributed by atoms with Gasteiger partial charge in [-0.15, -0.1) is 0 Å². The molecule has 6 heteroatoms. The highest BCUT2D eigenvalue weighted by atomic mass is 35.5. The molecule has 18 heavy (non-hydrogen) atoms. The fourth-order valence-corrected chi connectivity index (χ4v) is 1.32. The summed E-state index contributed by atoms with van der Waals surface area (Å²) in [6, 6.07) is 9.55. The monoisotopic (exact) mass is 286 g/mol. The molecule has 0 bridgehead atoms. The lowest BCUT2D eigenvalue weighted by Crippen LogP contribution is -2.26. The van der Waals surface area contributed by atoms with Gasteiger partial charge in [-0.2, -0.15) is 0 Å². The molecule has 0 aromatic heterocycles. The quantitative estimate of drug-likeness (QED) is 0.365. The number of rotatable bonds is 6. The maximum Gasteiger partial charge on any atom is 0.266 e. The summed E-state index contributed by atoms with van der Waals surface area (Å²) in [7, 11) is 0. The Hall–Kier alpha value is -1.36. The van der Waals surface area contributed by atoms with Crippen LogP contribution in [0.3, 0.4) is 0 Å². The van der Waals surface area contributed by atoms with Crippen molar-refractivity contribution in [1.29, 1.82) is 5.41 Å². The zero-order valence-electron chi connectivity index (χ0n) is 9.45. The Kier molecular flexibility index (Phi) is 6.43. The highest BCUT2D eigenvalue weighted by Gasteiger charge is 2.09. The molecule has 0 atom stereocenters. The van der Waals surface area contributed by atoms with Crippen molar-refractivity contribution >= 4 is 35.3 Å². The summed E-state index contributed by atoms with van der Waals surface area (Å²) >= 11 is 11.1. The van der Waals surface area contributed by atoms with Gasteiger partial charge in [0.05, 0.1) is 11.6 Å². The lowest BCUT2D eigenvalue weighted by Gasteiger charge is -2.06. The van der Waals surface area contributed by atoms with Gasteiger partial charge in [0.15, 0.2) is 0 Å². The van der Waals surface area contributed by atoms with Crippen molar-refractivity contribution in [3.05, 3.63) is 46.0 Å². The normalized spacial score (nSPS) is 11.7. The summed E-state index contributed by atoms with van der Waals surface area (Å²) < 4.78 is 5.24. The molecule has 0 fully saturated rings.